The number of nitrogens with one attached hydrogen (secondary N) is 2. The average molecular weight is 329 g/mol. The minimum atomic E-state index is -0.107. The van der Waals surface area contributed by atoms with E-state index in [2.05, 4.69) is 31.2 Å². The summed E-state index contributed by atoms with van der Waals surface area (Å²) in [5.74, 6) is 0.977. The normalized spacial score (nSPS) is 16.0. The smallest absolute Gasteiger partial charge is 0.283 e. The predicted octanol–water partition coefficient (Wildman–Crippen LogP) is 1.06. The van der Waals surface area contributed by atoms with Gasteiger partial charge in [-0.1, -0.05) is 23.3 Å². The SMILES string of the molecule is CC(=NNc1nn[nH]n1)C(=O)N1CCC(Oc2ccccc2)CC1. The van der Waals surface area contributed by atoms with Gasteiger partial charge in [-0.3, -0.25) is 4.79 Å². The van der Waals surface area contributed by atoms with Crippen LogP contribution in [0.5, 0.6) is 5.75 Å². The number of amides is 1. The predicted molar refractivity (Wildman–Crippen MR) is 87.6 cm³/mol. The van der Waals surface area contributed by atoms with E-state index in [0.29, 0.717) is 18.8 Å². The van der Waals surface area contributed by atoms with Crippen LogP contribution >= 0.6 is 0 Å². The van der Waals surface area contributed by atoms with E-state index in [1.807, 2.05) is 30.3 Å². The summed E-state index contributed by atoms with van der Waals surface area (Å²) >= 11 is 0. The minimum absolute atomic E-state index is 0.107. The van der Waals surface area contributed by atoms with Gasteiger partial charge in [-0.05, 0) is 24.3 Å². The summed E-state index contributed by atoms with van der Waals surface area (Å²) in [6.45, 7) is 2.94. The standard InChI is InChI=1S/C15H19N7O2/c1-11(16-17-15-18-20-21-19-15)14(23)22-9-7-13(8-10-22)24-12-5-3-2-4-6-12/h2-6,13H,7-10H2,1H3,(H2,17,18,19,20,21). The van der Waals surface area contributed by atoms with Crippen LogP contribution in [0.4, 0.5) is 5.95 Å². The third-order valence-electron chi connectivity index (χ3n) is 3.75. The molecule has 126 valence electrons. The van der Waals surface area contributed by atoms with Crippen molar-refractivity contribution in [3.8, 4) is 5.75 Å². The topological polar surface area (TPSA) is 108 Å². The van der Waals surface area contributed by atoms with E-state index in [-0.39, 0.29) is 18.0 Å². The molecule has 2 heterocycles. The molecule has 0 spiro atoms. The summed E-state index contributed by atoms with van der Waals surface area (Å²) in [5.41, 5.74) is 2.93. The number of hydrazone groups is 1. The van der Waals surface area contributed by atoms with Gasteiger partial charge in [0.25, 0.3) is 11.9 Å². The van der Waals surface area contributed by atoms with Crippen LogP contribution in [0, 0.1) is 0 Å². The third-order valence-corrected chi connectivity index (χ3v) is 3.75. The Morgan fingerprint density at radius 1 is 1.33 bits per heavy atom. The number of ether oxygens (including phenoxy) is 1. The van der Waals surface area contributed by atoms with Crippen molar-refractivity contribution < 1.29 is 9.53 Å². The molecule has 3 rings (SSSR count). The van der Waals surface area contributed by atoms with Crippen LogP contribution in [-0.4, -0.2) is 56.3 Å². The lowest BCUT2D eigenvalue weighted by molar-refractivity contribution is -0.125. The zero-order valence-electron chi connectivity index (χ0n) is 13.3. The lowest BCUT2D eigenvalue weighted by atomic mass is 10.1. The number of anilines is 1. The van der Waals surface area contributed by atoms with Crippen LogP contribution in [0.15, 0.2) is 35.4 Å². The molecule has 2 aromatic rings. The number of H-pyrrole nitrogens is 1. The van der Waals surface area contributed by atoms with Crippen molar-refractivity contribution in [2.75, 3.05) is 18.5 Å². The Hall–Kier alpha value is -2.97. The Bertz CT molecular complexity index is 679. The Balaban J connectivity index is 1.48. The lowest BCUT2D eigenvalue weighted by Gasteiger charge is -2.32. The number of hydrogen-bond donors (Lipinski definition) is 2. The summed E-state index contributed by atoms with van der Waals surface area (Å²) in [6.07, 6.45) is 1.73. The molecule has 0 radical (unpaired) electrons. The van der Waals surface area contributed by atoms with Crippen LogP contribution in [0.1, 0.15) is 19.8 Å². The van der Waals surface area contributed by atoms with Crippen LogP contribution < -0.4 is 10.2 Å². The van der Waals surface area contributed by atoms with E-state index in [9.17, 15) is 4.79 Å². The van der Waals surface area contributed by atoms with Crippen molar-refractivity contribution in [1.29, 1.82) is 0 Å². The van der Waals surface area contributed by atoms with Gasteiger partial charge >= 0.3 is 0 Å². The minimum Gasteiger partial charge on any atom is -0.490 e. The Morgan fingerprint density at radius 2 is 2.08 bits per heavy atom. The fourth-order valence-electron chi connectivity index (χ4n) is 2.49. The number of likely N-dealkylation sites (tertiary alicyclic amines) is 1. The summed E-state index contributed by atoms with van der Waals surface area (Å²) in [5, 5.41) is 17.1. The van der Waals surface area contributed by atoms with E-state index in [1.165, 1.54) is 0 Å². The molecule has 0 aliphatic carbocycles. The average Bonchev–Trinajstić information content (AvgIpc) is 3.14. The second-order valence-electron chi connectivity index (χ2n) is 5.47. The molecule has 2 N–H and O–H groups in total. The first kappa shape index (κ1) is 15.9. The zero-order chi connectivity index (χ0) is 16.8. The maximum absolute atomic E-state index is 12.4. The number of piperidine rings is 1. The molecule has 0 bridgehead atoms. The fourth-order valence-corrected chi connectivity index (χ4v) is 2.49. The van der Waals surface area contributed by atoms with Gasteiger partial charge in [0, 0.05) is 25.9 Å². The molecule has 1 amide bonds. The highest BCUT2D eigenvalue weighted by Crippen LogP contribution is 2.18. The van der Waals surface area contributed by atoms with Gasteiger partial charge in [-0.15, -0.1) is 5.10 Å². The molecule has 1 aliphatic rings. The molecular formula is C15H19N7O2. The zero-order valence-corrected chi connectivity index (χ0v) is 13.3. The first-order chi connectivity index (χ1) is 11.7. The van der Waals surface area contributed by atoms with Crippen molar-refractivity contribution in [3.63, 3.8) is 0 Å². The monoisotopic (exact) mass is 329 g/mol. The molecule has 1 fully saturated rings. The van der Waals surface area contributed by atoms with Crippen molar-refractivity contribution in [2.24, 2.45) is 5.10 Å². The highest BCUT2D eigenvalue weighted by atomic mass is 16.5. The number of carbonyl (C=O) groups excluding carboxylic acids is 1. The number of nitrogens with zero attached hydrogens (tertiary/aromatic N) is 5. The highest BCUT2D eigenvalue weighted by Gasteiger charge is 2.25. The van der Waals surface area contributed by atoms with E-state index < -0.39 is 0 Å². The molecule has 1 saturated heterocycles. The quantitative estimate of drug-likeness (QED) is 0.627. The molecule has 0 atom stereocenters. The van der Waals surface area contributed by atoms with Crippen LogP contribution in [0.3, 0.4) is 0 Å². The first-order valence-corrected chi connectivity index (χ1v) is 7.77. The van der Waals surface area contributed by atoms with Gasteiger partial charge in [0.1, 0.15) is 17.6 Å². The number of aromatic nitrogens is 4. The Labute approximate surface area is 139 Å². The largest absolute Gasteiger partial charge is 0.490 e. The molecule has 0 unspecified atom stereocenters. The van der Waals surface area contributed by atoms with E-state index >= 15 is 0 Å². The molecule has 9 heteroatoms. The molecular weight excluding hydrogens is 310 g/mol. The summed E-state index contributed by atoms with van der Waals surface area (Å²) < 4.78 is 5.93. The van der Waals surface area contributed by atoms with Gasteiger partial charge in [-0.2, -0.15) is 10.3 Å². The summed E-state index contributed by atoms with van der Waals surface area (Å²) in [6, 6.07) is 9.74. The van der Waals surface area contributed by atoms with Gasteiger partial charge in [0.2, 0.25) is 0 Å². The van der Waals surface area contributed by atoms with E-state index in [1.54, 1.807) is 11.8 Å². The van der Waals surface area contributed by atoms with Crippen LogP contribution in [0.2, 0.25) is 0 Å². The first-order valence-electron chi connectivity index (χ1n) is 7.77. The molecule has 1 aromatic heterocycles. The summed E-state index contributed by atoms with van der Waals surface area (Å²) in [4.78, 5) is 14.2. The molecule has 24 heavy (non-hydrogen) atoms. The van der Waals surface area contributed by atoms with Crippen molar-refractivity contribution in [2.45, 2.75) is 25.9 Å². The number of carbonyl (C=O) groups is 1. The number of benzene rings is 1. The highest BCUT2D eigenvalue weighted by molar-refractivity contribution is 6.37. The van der Waals surface area contributed by atoms with Crippen LogP contribution in [0.25, 0.3) is 0 Å². The van der Waals surface area contributed by atoms with Crippen molar-refractivity contribution >= 4 is 17.6 Å². The second-order valence-corrected chi connectivity index (χ2v) is 5.47. The molecule has 9 nitrogen and oxygen atoms in total. The number of tetrazole rings is 1. The Morgan fingerprint density at radius 3 is 2.75 bits per heavy atom. The van der Waals surface area contributed by atoms with Crippen molar-refractivity contribution in [1.82, 2.24) is 25.5 Å². The molecule has 0 saturated carbocycles. The number of rotatable bonds is 5. The van der Waals surface area contributed by atoms with Gasteiger partial charge < -0.3 is 9.64 Å². The number of aromatic amines is 1. The van der Waals surface area contributed by atoms with Crippen molar-refractivity contribution in [3.05, 3.63) is 30.3 Å². The van der Waals surface area contributed by atoms with Gasteiger partial charge in [0.05, 0.1) is 0 Å². The molecule has 1 aromatic carbocycles. The Kier molecular flexibility index (Phi) is 4.99. The third kappa shape index (κ3) is 4.06. The van der Waals surface area contributed by atoms with Gasteiger partial charge in [0.15, 0.2) is 0 Å². The maximum Gasteiger partial charge on any atom is 0.283 e. The number of hydrogen-bond acceptors (Lipinski definition) is 7. The maximum atomic E-state index is 12.4. The van der Waals surface area contributed by atoms with Crippen LogP contribution in [-0.2, 0) is 4.79 Å². The second kappa shape index (κ2) is 7.53. The molecule has 1 aliphatic heterocycles. The lowest BCUT2D eigenvalue weighted by Crippen LogP contribution is -2.44. The number of para-hydroxylation sites is 1. The van der Waals surface area contributed by atoms with Gasteiger partial charge in [-0.25, -0.2) is 5.43 Å². The summed E-state index contributed by atoms with van der Waals surface area (Å²) in [7, 11) is 0. The van der Waals surface area contributed by atoms with E-state index in [4.69, 9.17) is 4.74 Å². The van der Waals surface area contributed by atoms with E-state index in [0.717, 1.165) is 18.6 Å². The fraction of sp³-hybridized carbons (Fsp3) is 0.400.